The number of allylic oxidation sites excluding steroid dienone is 2. The molecule has 0 spiro atoms. The second-order valence-electron chi connectivity index (χ2n) is 4.91. The quantitative estimate of drug-likeness (QED) is 0.804. The van der Waals surface area contributed by atoms with Gasteiger partial charge in [0.15, 0.2) is 0 Å². The summed E-state index contributed by atoms with van der Waals surface area (Å²) in [5, 5.41) is 0. The van der Waals surface area contributed by atoms with Crippen LogP contribution >= 0.6 is 0 Å². The highest BCUT2D eigenvalue weighted by Gasteiger charge is 2.08. The van der Waals surface area contributed by atoms with Gasteiger partial charge < -0.3 is 4.57 Å². The van der Waals surface area contributed by atoms with Gasteiger partial charge in [-0.2, -0.15) is 0 Å². The number of Topliss-reactive ketones (excluding diaryl/α,β-unsaturated/α-hetero) is 1. The van der Waals surface area contributed by atoms with Crippen LogP contribution in [0.5, 0.6) is 0 Å². The molecule has 0 saturated carbocycles. The van der Waals surface area contributed by atoms with Gasteiger partial charge in [0.2, 0.25) is 0 Å². The van der Waals surface area contributed by atoms with Gasteiger partial charge in [0.05, 0.1) is 0 Å². The van der Waals surface area contributed by atoms with Crippen molar-refractivity contribution >= 4 is 11.5 Å². The Hall–Kier alpha value is -1.64. The van der Waals surface area contributed by atoms with E-state index in [-0.39, 0.29) is 0 Å². The molecule has 0 fully saturated rings. The second-order valence-corrected chi connectivity index (χ2v) is 4.91. The minimum Gasteiger partial charge on any atom is -0.354 e. The van der Waals surface area contributed by atoms with Crippen molar-refractivity contribution in [1.82, 2.24) is 4.57 Å². The molecule has 0 saturated heterocycles. The smallest absolute Gasteiger partial charge is 0.138 e. The topological polar surface area (TPSA) is 34.4 Å². The van der Waals surface area contributed by atoms with Crippen molar-refractivity contribution < 1.29 is 4.79 Å². The Kier molecular flexibility index (Phi) is 4.13. The summed E-state index contributed by atoms with van der Waals surface area (Å²) in [4.78, 5) is 16.0. The normalized spacial score (nSPS) is 16.9. The Morgan fingerprint density at radius 1 is 1.39 bits per heavy atom. The molecule has 3 nitrogen and oxygen atoms in total. The number of hydrogen-bond donors (Lipinski definition) is 0. The molecule has 1 aromatic rings. The molecule has 1 aromatic heterocycles. The summed E-state index contributed by atoms with van der Waals surface area (Å²) in [7, 11) is 2.06. The molecular weight excluding hydrogens is 224 g/mol. The van der Waals surface area contributed by atoms with E-state index >= 15 is 0 Å². The third kappa shape index (κ3) is 3.42. The Morgan fingerprint density at radius 3 is 2.94 bits per heavy atom. The van der Waals surface area contributed by atoms with Crippen molar-refractivity contribution in [3.63, 3.8) is 0 Å². The van der Waals surface area contributed by atoms with E-state index in [1.165, 1.54) is 5.69 Å². The maximum absolute atomic E-state index is 11.4. The lowest BCUT2D eigenvalue weighted by Crippen LogP contribution is -2.07. The number of hydrogen-bond acceptors (Lipinski definition) is 2. The van der Waals surface area contributed by atoms with Crippen LogP contribution in [0.1, 0.15) is 38.3 Å². The van der Waals surface area contributed by atoms with Crippen LogP contribution in [0.15, 0.2) is 35.1 Å². The number of aliphatic imine (C=N–C) groups is 1. The summed E-state index contributed by atoms with van der Waals surface area (Å²) in [6, 6.07) is 4.21. The lowest BCUT2D eigenvalue weighted by molar-refractivity contribution is -0.117. The fourth-order valence-electron chi connectivity index (χ4n) is 2.27. The van der Waals surface area contributed by atoms with Crippen molar-refractivity contribution in [3.8, 4) is 0 Å². The van der Waals surface area contributed by atoms with E-state index in [0.717, 1.165) is 30.7 Å². The molecular formula is C15H20N2O. The number of aromatic nitrogens is 1. The molecule has 96 valence electrons. The van der Waals surface area contributed by atoms with E-state index < -0.39 is 0 Å². The van der Waals surface area contributed by atoms with E-state index in [4.69, 9.17) is 0 Å². The number of carbonyl (C=O) groups excluding carboxylic acids is 1. The van der Waals surface area contributed by atoms with Crippen molar-refractivity contribution in [2.24, 2.45) is 12.0 Å². The first-order valence-corrected chi connectivity index (χ1v) is 6.50. The van der Waals surface area contributed by atoms with Crippen LogP contribution in [0.25, 0.3) is 0 Å². The minimum atomic E-state index is 0.300. The zero-order valence-corrected chi connectivity index (χ0v) is 11.1. The van der Waals surface area contributed by atoms with Crippen LogP contribution in [0.4, 0.5) is 0 Å². The lowest BCUT2D eigenvalue weighted by atomic mass is 10.1. The summed E-state index contributed by atoms with van der Waals surface area (Å²) < 4.78 is 2.14. The molecule has 1 aliphatic rings. The number of nitrogens with zero attached hydrogens (tertiary/aromatic N) is 2. The van der Waals surface area contributed by atoms with Crippen molar-refractivity contribution in [3.05, 3.63) is 35.8 Å². The van der Waals surface area contributed by atoms with E-state index in [1.54, 1.807) is 0 Å². The SMILES string of the molecule is CC1=NC(CCc2cccn2C)=CCCC(=O)C1. The van der Waals surface area contributed by atoms with Gasteiger partial charge in [0.25, 0.3) is 0 Å². The lowest BCUT2D eigenvalue weighted by Gasteiger charge is -2.09. The van der Waals surface area contributed by atoms with Crippen LogP contribution in [0.3, 0.4) is 0 Å². The summed E-state index contributed by atoms with van der Waals surface area (Å²) in [5.41, 5.74) is 3.39. The van der Waals surface area contributed by atoms with Crippen LogP contribution in [-0.2, 0) is 18.3 Å². The molecule has 0 unspecified atom stereocenters. The zero-order chi connectivity index (χ0) is 13.0. The summed E-state index contributed by atoms with van der Waals surface area (Å²) >= 11 is 0. The maximum atomic E-state index is 11.4. The Labute approximate surface area is 108 Å². The largest absolute Gasteiger partial charge is 0.354 e. The molecule has 0 aromatic carbocycles. The predicted octanol–water partition coefficient (Wildman–Crippen LogP) is 3.06. The molecule has 1 aliphatic heterocycles. The number of carbonyl (C=O) groups is 1. The molecule has 0 atom stereocenters. The number of ketones is 1. The van der Waals surface area contributed by atoms with E-state index in [0.29, 0.717) is 18.6 Å². The second kappa shape index (κ2) is 5.80. The van der Waals surface area contributed by atoms with E-state index in [2.05, 4.69) is 41.0 Å². The minimum absolute atomic E-state index is 0.300. The first-order chi connectivity index (χ1) is 8.65. The third-order valence-electron chi connectivity index (χ3n) is 3.28. The van der Waals surface area contributed by atoms with E-state index in [1.807, 2.05) is 6.92 Å². The third-order valence-corrected chi connectivity index (χ3v) is 3.28. The van der Waals surface area contributed by atoms with Gasteiger partial charge in [-0.3, -0.25) is 9.79 Å². The van der Waals surface area contributed by atoms with Gasteiger partial charge in [-0.25, -0.2) is 0 Å². The highest BCUT2D eigenvalue weighted by molar-refractivity contribution is 6.01. The number of aryl methyl sites for hydroxylation is 2. The molecule has 0 amide bonds. The molecule has 2 rings (SSSR count). The average molecular weight is 244 g/mol. The van der Waals surface area contributed by atoms with Gasteiger partial charge in [-0.15, -0.1) is 0 Å². The molecule has 0 bridgehead atoms. The van der Waals surface area contributed by atoms with Crippen LogP contribution in [-0.4, -0.2) is 16.1 Å². The molecule has 0 radical (unpaired) electrons. The molecule has 0 N–H and O–H groups in total. The highest BCUT2D eigenvalue weighted by atomic mass is 16.1. The van der Waals surface area contributed by atoms with Crippen molar-refractivity contribution in [2.45, 2.75) is 39.0 Å². The molecule has 2 heterocycles. The standard InChI is InChI=1S/C15H20N2O/c1-12-11-15(18)7-3-5-13(16-12)8-9-14-6-4-10-17(14)2/h4-6,10H,3,7-9,11H2,1-2H3. The highest BCUT2D eigenvalue weighted by Crippen LogP contribution is 2.15. The zero-order valence-electron chi connectivity index (χ0n) is 11.1. The van der Waals surface area contributed by atoms with Crippen molar-refractivity contribution in [2.75, 3.05) is 0 Å². The molecule has 3 heteroatoms. The Morgan fingerprint density at radius 2 is 2.22 bits per heavy atom. The number of rotatable bonds is 3. The summed E-state index contributed by atoms with van der Waals surface area (Å²) in [6.07, 6.45) is 8.13. The monoisotopic (exact) mass is 244 g/mol. The van der Waals surface area contributed by atoms with Gasteiger partial charge in [-0.05, 0) is 38.3 Å². The van der Waals surface area contributed by atoms with Crippen LogP contribution in [0, 0.1) is 0 Å². The van der Waals surface area contributed by atoms with Gasteiger partial charge in [-0.1, -0.05) is 6.08 Å². The fraction of sp³-hybridized carbons (Fsp3) is 0.467. The van der Waals surface area contributed by atoms with Gasteiger partial charge in [0, 0.05) is 43.2 Å². The molecule has 18 heavy (non-hydrogen) atoms. The first kappa shape index (κ1) is 12.8. The predicted molar refractivity (Wildman–Crippen MR) is 73.8 cm³/mol. The Bertz CT molecular complexity index is 494. The maximum Gasteiger partial charge on any atom is 0.138 e. The fourth-order valence-corrected chi connectivity index (χ4v) is 2.27. The summed E-state index contributed by atoms with van der Waals surface area (Å²) in [5.74, 6) is 0.300. The average Bonchev–Trinajstić information content (AvgIpc) is 2.69. The van der Waals surface area contributed by atoms with Crippen LogP contribution in [0.2, 0.25) is 0 Å². The molecule has 0 aliphatic carbocycles. The van der Waals surface area contributed by atoms with Crippen LogP contribution < -0.4 is 0 Å². The Balaban J connectivity index is 2.00. The van der Waals surface area contributed by atoms with Crippen molar-refractivity contribution in [1.29, 1.82) is 0 Å². The van der Waals surface area contributed by atoms with E-state index in [9.17, 15) is 4.79 Å². The van der Waals surface area contributed by atoms with Gasteiger partial charge >= 0.3 is 0 Å². The first-order valence-electron chi connectivity index (χ1n) is 6.50. The summed E-state index contributed by atoms with van der Waals surface area (Å²) in [6.45, 7) is 1.94. The van der Waals surface area contributed by atoms with Gasteiger partial charge in [0.1, 0.15) is 5.78 Å².